The molecule has 2 heteroatoms. The zero-order valence-corrected chi connectivity index (χ0v) is 12.5. The number of hydrogen-bond donors (Lipinski definition) is 0. The summed E-state index contributed by atoms with van der Waals surface area (Å²) in [6, 6.07) is 0. The molecule has 0 aliphatic heterocycles. The molecule has 0 N–H and O–H groups in total. The van der Waals surface area contributed by atoms with E-state index in [9.17, 15) is 0 Å². The van der Waals surface area contributed by atoms with Gasteiger partial charge in [-0.25, -0.2) is 0 Å². The van der Waals surface area contributed by atoms with Crippen LogP contribution in [0.25, 0.3) is 0 Å². The van der Waals surface area contributed by atoms with Gasteiger partial charge in [-0.05, 0) is 6.42 Å². The number of hydrogen-bond acceptors (Lipinski definition) is 1. The van der Waals surface area contributed by atoms with Crippen molar-refractivity contribution < 1.29 is 4.43 Å². The van der Waals surface area contributed by atoms with Gasteiger partial charge < -0.3 is 4.43 Å². The average molecular weight is 253 g/mol. The fourth-order valence-corrected chi connectivity index (χ4v) is 2.27. The molecule has 1 unspecified atom stereocenters. The molecule has 1 nitrogen and oxygen atoms in total. The van der Waals surface area contributed by atoms with Crippen LogP contribution in [-0.2, 0) is 4.43 Å². The van der Waals surface area contributed by atoms with Crippen LogP contribution in [0.3, 0.4) is 0 Å². The van der Waals surface area contributed by atoms with E-state index in [0.717, 1.165) is 6.42 Å². The van der Waals surface area contributed by atoms with Gasteiger partial charge in [0, 0.05) is 0 Å². The van der Waals surface area contributed by atoms with Gasteiger partial charge in [-0.1, -0.05) is 77.2 Å². The predicted molar refractivity (Wildman–Crippen MR) is 77.3 cm³/mol. The molecule has 1 atom stereocenters. The zero-order valence-electron chi connectivity index (χ0n) is 11.5. The molecular formula is C15H29OSi. The van der Waals surface area contributed by atoms with Gasteiger partial charge in [-0.2, -0.15) is 0 Å². The van der Waals surface area contributed by atoms with Crippen LogP contribution in [0.1, 0.15) is 77.6 Å². The van der Waals surface area contributed by atoms with Gasteiger partial charge in [0.1, 0.15) is 0 Å². The Bertz CT molecular complexity index is 159. The maximum absolute atomic E-state index is 5.07. The van der Waals surface area contributed by atoms with E-state index in [4.69, 9.17) is 4.43 Å². The summed E-state index contributed by atoms with van der Waals surface area (Å²) < 4.78 is 5.07. The molecule has 0 spiro atoms. The molecular weight excluding hydrogens is 224 g/mol. The van der Waals surface area contributed by atoms with E-state index in [-0.39, 0.29) is 6.10 Å². The first-order valence-electron chi connectivity index (χ1n) is 7.30. The van der Waals surface area contributed by atoms with Crippen molar-refractivity contribution in [3.63, 3.8) is 0 Å². The minimum atomic E-state index is 0.181. The molecule has 0 saturated heterocycles. The van der Waals surface area contributed by atoms with Gasteiger partial charge in [-0.15, -0.1) is 6.58 Å². The molecule has 0 aromatic rings. The minimum absolute atomic E-state index is 0.181. The van der Waals surface area contributed by atoms with E-state index in [1.807, 2.05) is 6.08 Å². The third-order valence-electron chi connectivity index (χ3n) is 3.26. The third kappa shape index (κ3) is 12.2. The Hall–Kier alpha value is -0.0831. The minimum Gasteiger partial charge on any atom is -0.412 e. The summed E-state index contributed by atoms with van der Waals surface area (Å²) in [4.78, 5) is 0. The lowest BCUT2D eigenvalue weighted by atomic mass is 10.0. The van der Waals surface area contributed by atoms with E-state index >= 15 is 0 Å². The first-order valence-corrected chi connectivity index (χ1v) is 7.71. The molecule has 0 amide bonds. The smallest absolute Gasteiger partial charge is 0.247 e. The van der Waals surface area contributed by atoms with Gasteiger partial charge in [0.2, 0.25) is 10.5 Å². The highest BCUT2D eigenvalue weighted by atomic mass is 28.2. The maximum Gasteiger partial charge on any atom is 0.247 e. The predicted octanol–water partition coefficient (Wildman–Crippen LogP) is 4.95. The molecule has 99 valence electrons. The van der Waals surface area contributed by atoms with Crippen molar-refractivity contribution >= 4 is 10.5 Å². The van der Waals surface area contributed by atoms with Crippen molar-refractivity contribution in [2.24, 2.45) is 0 Å². The third-order valence-corrected chi connectivity index (χ3v) is 3.56. The van der Waals surface area contributed by atoms with Gasteiger partial charge in [0.15, 0.2) is 0 Å². The van der Waals surface area contributed by atoms with Crippen LogP contribution in [0.5, 0.6) is 0 Å². The highest BCUT2D eigenvalue weighted by Crippen LogP contribution is 2.12. The highest BCUT2D eigenvalue weighted by Gasteiger charge is 2.00. The molecule has 0 aromatic carbocycles. The second kappa shape index (κ2) is 14.0. The normalized spacial score (nSPS) is 12.6. The molecule has 0 heterocycles. The van der Waals surface area contributed by atoms with Crippen LogP contribution in [0, 0.1) is 0 Å². The Morgan fingerprint density at radius 2 is 1.41 bits per heavy atom. The van der Waals surface area contributed by atoms with E-state index in [1.165, 1.54) is 64.2 Å². The molecule has 0 fully saturated rings. The van der Waals surface area contributed by atoms with Gasteiger partial charge in [0.25, 0.3) is 0 Å². The van der Waals surface area contributed by atoms with Gasteiger partial charge in [0.05, 0.1) is 6.10 Å². The first kappa shape index (κ1) is 16.9. The summed E-state index contributed by atoms with van der Waals surface area (Å²) in [5.74, 6) is 0. The Morgan fingerprint density at radius 3 is 1.82 bits per heavy atom. The quantitative estimate of drug-likeness (QED) is 0.256. The monoisotopic (exact) mass is 253 g/mol. The SMILES string of the molecule is C=CC(CCCCCCCCCCCC)O[Si]. The van der Waals surface area contributed by atoms with Crippen LogP contribution in [-0.4, -0.2) is 16.6 Å². The average Bonchev–Trinajstić information content (AvgIpc) is 2.36. The van der Waals surface area contributed by atoms with Gasteiger partial charge >= 0.3 is 0 Å². The van der Waals surface area contributed by atoms with Crippen molar-refractivity contribution in [3.8, 4) is 0 Å². The van der Waals surface area contributed by atoms with Crippen LogP contribution in [0.15, 0.2) is 12.7 Å². The molecule has 0 bridgehead atoms. The summed E-state index contributed by atoms with van der Waals surface area (Å²) in [6.07, 6.45) is 17.0. The molecule has 0 aliphatic rings. The van der Waals surface area contributed by atoms with Crippen LogP contribution < -0.4 is 0 Å². The largest absolute Gasteiger partial charge is 0.412 e. The summed E-state index contributed by atoms with van der Waals surface area (Å²) >= 11 is 0. The summed E-state index contributed by atoms with van der Waals surface area (Å²) in [5.41, 5.74) is 0. The zero-order chi connectivity index (χ0) is 12.8. The highest BCUT2D eigenvalue weighted by molar-refractivity contribution is 5.98. The first-order chi connectivity index (χ1) is 8.35. The van der Waals surface area contributed by atoms with E-state index < -0.39 is 0 Å². The second-order valence-electron chi connectivity index (χ2n) is 4.86. The van der Waals surface area contributed by atoms with Crippen LogP contribution in [0.2, 0.25) is 0 Å². The van der Waals surface area contributed by atoms with Crippen molar-refractivity contribution in [2.75, 3.05) is 0 Å². The number of unbranched alkanes of at least 4 members (excludes halogenated alkanes) is 9. The Morgan fingerprint density at radius 1 is 0.941 bits per heavy atom. The van der Waals surface area contributed by atoms with E-state index in [2.05, 4.69) is 24.0 Å². The Labute approximate surface area is 112 Å². The maximum atomic E-state index is 5.07. The summed E-state index contributed by atoms with van der Waals surface area (Å²) in [6.45, 7) is 6.01. The second-order valence-corrected chi connectivity index (χ2v) is 5.10. The van der Waals surface area contributed by atoms with Crippen molar-refractivity contribution in [1.29, 1.82) is 0 Å². The lowest BCUT2D eigenvalue weighted by Crippen LogP contribution is -2.06. The molecule has 17 heavy (non-hydrogen) atoms. The van der Waals surface area contributed by atoms with E-state index in [0.29, 0.717) is 0 Å². The molecule has 0 rings (SSSR count). The standard InChI is InChI=1S/C15H29OSi/c1-3-5-6-7-8-9-10-11-12-13-14-15(4-2)16-17/h4,15H,2-3,5-14H2,1H3. The summed E-state index contributed by atoms with van der Waals surface area (Å²) in [5, 5.41) is 0. The lowest BCUT2D eigenvalue weighted by molar-refractivity contribution is 0.256. The fourth-order valence-electron chi connectivity index (χ4n) is 2.06. The van der Waals surface area contributed by atoms with Crippen LogP contribution >= 0.6 is 0 Å². The van der Waals surface area contributed by atoms with Crippen molar-refractivity contribution in [2.45, 2.75) is 83.7 Å². The van der Waals surface area contributed by atoms with Gasteiger partial charge in [-0.3, -0.25) is 0 Å². The lowest BCUT2D eigenvalue weighted by Gasteiger charge is -2.09. The molecule has 0 saturated carbocycles. The molecule has 0 aliphatic carbocycles. The van der Waals surface area contributed by atoms with Crippen molar-refractivity contribution in [1.82, 2.24) is 0 Å². The number of rotatable bonds is 13. The van der Waals surface area contributed by atoms with Crippen molar-refractivity contribution in [3.05, 3.63) is 12.7 Å². The van der Waals surface area contributed by atoms with Crippen LogP contribution in [0.4, 0.5) is 0 Å². The fraction of sp³-hybridized carbons (Fsp3) is 0.867. The molecule has 3 radical (unpaired) electrons. The Kier molecular flexibility index (Phi) is 13.9. The van der Waals surface area contributed by atoms with E-state index in [1.54, 1.807) is 0 Å². The summed E-state index contributed by atoms with van der Waals surface area (Å²) in [7, 11) is 3.08. The molecule has 0 aromatic heterocycles. The topological polar surface area (TPSA) is 9.23 Å². The Balaban J connectivity index is 3.05.